The van der Waals surface area contributed by atoms with Crippen molar-refractivity contribution in [2.24, 2.45) is 0 Å². The number of aliphatic hydroxyl groups is 1. The molecule has 1 atom stereocenters. The molecule has 32 heavy (non-hydrogen) atoms. The second-order valence-corrected chi connectivity index (χ2v) is 8.29. The lowest BCUT2D eigenvalue weighted by atomic mass is 9.95. The number of nitrogens with zero attached hydrogens (tertiary/aromatic N) is 4. The molecule has 1 amide bonds. The maximum Gasteiger partial charge on any atom is 0.430 e. The van der Waals surface area contributed by atoms with E-state index < -0.39 is 29.1 Å². The average molecular weight is 470 g/mol. The maximum atomic E-state index is 13.1. The summed E-state index contributed by atoms with van der Waals surface area (Å²) in [6.07, 6.45) is -11.3. The fraction of sp³-hybridized carbons (Fsp3) is 0.722. The molecule has 1 aromatic heterocycles. The quantitative estimate of drug-likeness (QED) is 0.560. The van der Waals surface area contributed by atoms with Crippen molar-refractivity contribution < 1.29 is 36.2 Å². The summed E-state index contributed by atoms with van der Waals surface area (Å²) in [5.41, 5.74) is -7.38. The van der Waals surface area contributed by atoms with Crippen LogP contribution in [0, 0.1) is 0 Å². The van der Waals surface area contributed by atoms with Gasteiger partial charge in [0.1, 0.15) is 0 Å². The Bertz CT molecular complexity index is 815. The van der Waals surface area contributed by atoms with Crippen LogP contribution in [0.3, 0.4) is 0 Å². The van der Waals surface area contributed by atoms with Crippen LogP contribution in [0.15, 0.2) is 12.4 Å². The van der Waals surface area contributed by atoms with Crippen LogP contribution in [0.4, 0.5) is 32.3 Å². The van der Waals surface area contributed by atoms with E-state index in [2.05, 4.69) is 20.6 Å². The topological polar surface area (TPSA) is 93.6 Å². The number of halogens is 6. The van der Waals surface area contributed by atoms with E-state index in [1.807, 2.05) is 4.90 Å². The highest BCUT2D eigenvalue weighted by molar-refractivity contribution is 5.86. The van der Waals surface area contributed by atoms with Crippen molar-refractivity contribution in [2.75, 3.05) is 44.2 Å². The van der Waals surface area contributed by atoms with Gasteiger partial charge in [-0.15, -0.1) is 0 Å². The molecule has 0 bridgehead atoms. The number of rotatable bonds is 4. The van der Waals surface area contributed by atoms with Crippen LogP contribution in [-0.4, -0.2) is 89.1 Å². The van der Waals surface area contributed by atoms with Gasteiger partial charge in [0.05, 0.1) is 11.6 Å². The highest BCUT2D eigenvalue weighted by atomic mass is 19.4. The van der Waals surface area contributed by atoms with E-state index in [9.17, 15) is 36.2 Å². The third-order valence-electron chi connectivity index (χ3n) is 5.93. The second kappa shape index (κ2) is 8.30. The van der Waals surface area contributed by atoms with E-state index in [4.69, 9.17) is 0 Å². The Morgan fingerprint density at radius 3 is 2.25 bits per heavy atom. The van der Waals surface area contributed by atoms with Crippen LogP contribution < -0.4 is 15.5 Å². The molecular formula is C18H24F6N6O2. The minimum atomic E-state index is -6.01. The zero-order valence-electron chi connectivity index (χ0n) is 17.4. The zero-order valence-corrected chi connectivity index (χ0v) is 17.4. The molecule has 3 heterocycles. The fourth-order valence-electron chi connectivity index (χ4n) is 3.85. The minimum absolute atomic E-state index is 0.0637. The molecule has 2 fully saturated rings. The molecule has 3 rings (SSSR count). The molecule has 0 aliphatic carbocycles. The summed E-state index contributed by atoms with van der Waals surface area (Å²) in [6, 6.07) is -0.288. The number of piperazine rings is 2. The van der Waals surface area contributed by atoms with Gasteiger partial charge >= 0.3 is 12.4 Å². The molecule has 2 aliphatic heterocycles. The zero-order chi connectivity index (χ0) is 23.9. The summed E-state index contributed by atoms with van der Waals surface area (Å²) in [5, 5.41) is 15.5. The summed E-state index contributed by atoms with van der Waals surface area (Å²) in [4.78, 5) is 23.3. The molecule has 1 aromatic rings. The Hall–Kier alpha value is -2.19. The number of hydrogen-bond donors (Lipinski definition) is 3. The first kappa shape index (κ1) is 24.5. The third-order valence-corrected chi connectivity index (χ3v) is 5.93. The predicted molar refractivity (Wildman–Crippen MR) is 101 cm³/mol. The predicted octanol–water partition coefficient (Wildman–Crippen LogP) is 0.777. The van der Waals surface area contributed by atoms with Gasteiger partial charge in [0.15, 0.2) is 0 Å². The molecule has 2 saturated heterocycles. The van der Waals surface area contributed by atoms with Crippen molar-refractivity contribution >= 4 is 11.9 Å². The summed E-state index contributed by atoms with van der Waals surface area (Å²) < 4.78 is 78.5. The Balaban J connectivity index is 1.86. The van der Waals surface area contributed by atoms with Gasteiger partial charge in [-0.25, -0.2) is 9.97 Å². The minimum Gasteiger partial charge on any atom is -0.369 e. The van der Waals surface area contributed by atoms with E-state index in [1.54, 1.807) is 18.7 Å². The number of carbonyl (C=O) groups is 1. The molecule has 1 unspecified atom stereocenters. The maximum absolute atomic E-state index is 13.1. The monoisotopic (exact) mass is 470 g/mol. The SMILES string of the molecule is CC1(C)C(=O)NCCN1CC1CNCCN1c1ncc(C(O)(C(F)(F)F)C(F)(F)F)cn1. The molecule has 0 spiro atoms. The summed E-state index contributed by atoms with van der Waals surface area (Å²) in [6.45, 7) is 6.27. The van der Waals surface area contributed by atoms with Gasteiger partial charge < -0.3 is 20.6 Å². The van der Waals surface area contributed by atoms with Crippen molar-refractivity contribution in [3.63, 3.8) is 0 Å². The van der Waals surface area contributed by atoms with Gasteiger partial charge in [-0.05, 0) is 13.8 Å². The molecule has 2 aliphatic rings. The molecule has 3 N–H and O–H groups in total. The number of alkyl halides is 6. The van der Waals surface area contributed by atoms with Crippen molar-refractivity contribution in [1.29, 1.82) is 0 Å². The Kier molecular flexibility index (Phi) is 6.34. The van der Waals surface area contributed by atoms with Gasteiger partial charge in [-0.3, -0.25) is 9.69 Å². The summed E-state index contributed by atoms with van der Waals surface area (Å²) in [5.74, 6) is -0.204. The standard InChI is InChI=1S/C18H24F6N6O2/c1-15(2)13(31)26-4-5-29(15)10-12-9-25-3-6-30(12)14-27-7-11(8-28-14)16(32,17(19,20)21)18(22,23)24/h7-8,12,25,32H,3-6,9-10H2,1-2H3,(H,26,31). The van der Waals surface area contributed by atoms with Crippen LogP contribution >= 0.6 is 0 Å². The Morgan fingerprint density at radius 2 is 1.69 bits per heavy atom. The number of amides is 1. The van der Waals surface area contributed by atoms with E-state index >= 15 is 0 Å². The molecule has 180 valence electrons. The first-order chi connectivity index (χ1) is 14.7. The van der Waals surface area contributed by atoms with Crippen LogP contribution in [0.1, 0.15) is 19.4 Å². The highest BCUT2D eigenvalue weighted by Gasteiger charge is 2.71. The van der Waals surface area contributed by atoms with Gasteiger partial charge in [-0.1, -0.05) is 0 Å². The van der Waals surface area contributed by atoms with Crippen molar-refractivity contribution in [3.05, 3.63) is 18.0 Å². The highest BCUT2D eigenvalue weighted by Crippen LogP contribution is 2.49. The number of carbonyl (C=O) groups excluding carboxylic acids is 1. The number of hydrogen-bond acceptors (Lipinski definition) is 7. The van der Waals surface area contributed by atoms with Crippen molar-refractivity contribution in [3.8, 4) is 0 Å². The fourth-order valence-corrected chi connectivity index (χ4v) is 3.85. The molecular weight excluding hydrogens is 446 g/mol. The van der Waals surface area contributed by atoms with E-state index in [-0.39, 0.29) is 17.9 Å². The molecule has 0 saturated carbocycles. The average Bonchev–Trinajstić information content (AvgIpc) is 2.70. The first-order valence-corrected chi connectivity index (χ1v) is 9.88. The third kappa shape index (κ3) is 4.22. The summed E-state index contributed by atoms with van der Waals surface area (Å²) >= 11 is 0. The van der Waals surface area contributed by atoms with Gasteiger partial charge in [0, 0.05) is 57.2 Å². The Morgan fingerprint density at radius 1 is 1.09 bits per heavy atom. The van der Waals surface area contributed by atoms with Gasteiger partial charge in [-0.2, -0.15) is 26.3 Å². The molecule has 0 aromatic carbocycles. The number of anilines is 1. The van der Waals surface area contributed by atoms with Crippen LogP contribution in [0.2, 0.25) is 0 Å². The normalized spacial score (nSPS) is 23.2. The van der Waals surface area contributed by atoms with Crippen molar-refractivity contribution in [2.45, 2.75) is 43.4 Å². The lowest BCUT2D eigenvalue weighted by Crippen LogP contribution is -2.66. The molecule has 14 heteroatoms. The van der Waals surface area contributed by atoms with Crippen molar-refractivity contribution in [1.82, 2.24) is 25.5 Å². The largest absolute Gasteiger partial charge is 0.430 e. The number of aromatic nitrogens is 2. The van der Waals surface area contributed by atoms with E-state index in [0.717, 1.165) is 0 Å². The number of nitrogens with one attached hydrogen (secondary N) is 2. The lowest BCUT2D eigenvalue weighted by Gasteiger charge is -2.46. The van der Waals surface area contributed by atoms with Crippen LogP contribution in [0.25, 0.3) is 0 Å². The van der Waals surface area contributed by atoms with Crippen LogP contribution in [0.5, 0.6) is 0 Å². The first-order valence-electron chi connectivity index (χ1n) is 9.88. The van der Waals surface area contributed by atoms with E-state index in [1.165, 1.54) is 0 Å². The second-order valence-electron chi connectivity index (χ2n) is 8.29. The smallest absolute Gasteiger partial charge is 0.369 e. The lowest BCUT2D eigenvalue weighted by molar-refractivity contribution is -0.376. The van der Waals surface area contributed by atoms with Gasteiger partial charge in [0.2, 0.25) is 11.9 Å². The summed E-state index contributed by atoms with van der Waals surface area (Å²) in [7, 11) is 0. The Labute approximate surface area is 180 Å². The molecule has 8 nitrogen and oxygen atoms in total. The molecule has 0 radical (unpaired) electrons. The van der Waals surface area contributed by atoms with Crippen LogP contribution in [-0.2, 0) is 10.4 Å². The van der Waals surface area contributed by atoms with E-state index in [0.29, 0.717) is 51.7 Å². The van der Waals surface area contributed by atoms with Gasteiger partial charge in [0.25, 0.3) is 5.60 Å².